The van der Waals surface area contributed by atoms with E-state index in [1.807, 2.05) is 0 Å². The molecule has 0 saturated heterocycles. The summed E-state index contributed by atoms with van der Waals surface area (Å²) in [5.74, 6) is -0.755. The molecule has 1 aliphatic rings. The zero-order valence-corrected chi connectivity index (χ0v) is 10.6. The molecule has 16 heavy (non-hydrogen) atoms. The average molecular weight is 245 g/mol. The van der Waals surface area contributed by atoms with E-state index in [9.17, 15) is 14.7 Å². The highest BCUT2D eigenvalue weighted by molar-refractivity contribution is 7.80. The van der Waals surface area contributed by atoms with Crippen LogP contribution in [0, 0.1) is 5.41 Å². The van der Waals surface area contributed by atoms with E-state index < -0.39 is 16.9 Å². The van der Waals surface area contributed by atoms with Gasteiger partial charge >= 0.3 is 5.97 Å². The molecule has 0 bridgehead atoms. The maximum atomic E-state index is 11.9. The first-order valence-electron chi connectivity index (χ1n) is 5.51. The number of nitrogens with one attached hydrogen (secondary N) is 1. The zero-order chi connectivity index (χ0) is 12.4. The molecule has 1 rings (SSSR count). The molecule has 0 aromatic heterocycles. The highest BCUT2D eigenvalue weighted by Gasteiger charge is 2.44. The van der Waals surface area contributed by atoms with Crippen LogP contribution >= 0.6 is 12.6 Å². The van der Waals surface area contributed by atoms with Crippen LogP contribution in [0.25, 0.3) is 0 Å². The van der Waals surface area contributed by atoms with Gasteiger partial charge in [-0.25, -0.2) is 4.79 Å². The third-order valence-electron chi connectivity index (χ3n) is 3.23. The van der Waals surface area contributed by atoms with Gasteiger partial charge in [-0.15, -0.1) is 0 Å². The van der Waals surface area contributed by atoms with E-state index in [0.717, 1.165) is 12.8 Å². The monoisotopic (exact) mass is 245 g/mol. The molecule has 1 fully saturated rings. The molecule has 4 nitrogen and oxygen atoms in total. The molecule has 0 aliphatic heterocycles. The Bertz CT molecular complexity index is 296. The standard InChI is InChI=1S/C11H19NO3S/c1-10(2,7-16)8(13)12-11(9(14)15)5-3-4-6-11/h16H,3-7H2,1-2H3,(H,12,13)(H,14,15). The Labute approximate surface area is 101 Å². The van der Waals surface area contributed by atoms with Gasteiger partial charge in [-0.1, -0.05) is 26.7 Å². The minimum Gasteiger partial charge on any atom is -0.480 e. The minimum absolute atomic E-state index is 0.230. The van der Waals surface area contributed by atoms with Gasteiger partial charge in [-0.2, -0.15) is 12.6 Å². The van der Waals surface area contributed by atoms with Gasteiger partial charge < -0.3 is 10.4 Å². The number of hydrogen-bond acceptors (Lipinski definition) is 3. The van der Waals surface area contributed by atoms with Crippen LogP contribution in [0.4, 0.5) is 0 Å². The van der Waals surface area contributed by atoms with E-state index in [-0.39, 0.29) is 5.91 Å². The molecule has 0 spiro atoms. The second kappa shape index (κ2) is 4.65. The second-order valence-corrected chi connectivity index (χ2v) is 5.41. The Morgan fingerprint density at radius 1 is 1.38 bits per heavy atom. The maximum Gasteiger partial charge on any atom is 0.329 e. The highest BCUT2D eigenvalue weighted by atomic mass is 32.1. The molecule has 92 valence electrons. The van der Waals surface area contributed by atoms with Crippen molar-refractivity contribution in [1.82, 2.24) is 5.32 Å². The van der Waals surface area contributed by atoms with Gasteiger partial charge in [0.15, 0.2) is 0 Å². The zero-order valence-electron chi connectivity index (χ0n) is 9.75. The smallest absolute Gasteiger partial charge is 0.329 e. The summed E-state index contributed by atoms with van der Waals surface area (Å²) in [6.07, 6.45) is 2.76. The Morgan fingerprint density at radius 2 is 1.88 bits per heavy atom. The van der Waals surface area contributed by atoms with Gasteiger partial charge in [0.1, 0.15) is 5.54 Å². The van der Waals surface area contributed by atoms with Gasteiger partial charge in [0.05, 0.1) is 5.41 Å². The lowest BCUT2D eigenvalue weighted by Gasteiger charge is -2.30. The van der Waals surface area contributed by atoms with Crippen molar-refractivity contribution in [2.24, 2.45) is 5.41 Å². The number of carbonyl (C=O) groups is 2. The highest BCUT2D eigenvalue weighted by Crippen LogP contribution is 2.31. The Hall–Kier alpha value is -0.710. The van der Waals surface area contributed by atoms with Crippen molar-refractivity contribution >= 4 is 24.5 Å². The molecule has 0 aromatic carbocycles. The Morgan fingerprint density at radius 3 is 2.25 bits per heavy atom. The summed E-state index contributed by atoms with van der Waals surface area (Å²) in [6.45, 7) is 3.53. The fraction of sp³-hybridized carbons (Fsp3) is 0.818. The van der Waals surface area contributed by atoms with E-state index in [1.54, 1.807) is 13.8 Å². The van der Waals surface area contributed by atoms with Crippen molar-refractivity contribution < 1.29 is 14.7 Å². The van der Waals surface area contributed by atoms with Crippen LogP contribution in [-0.2, 0) is 9.59 Å². The fourth-order valence-corrected chi connectivity index (χ4v) is 1.97. The predicted molar refractivity (Wildman–Crippen MR) is 64.6 cm³/mol. The average Bonchev–Trinajstić information content (AvgIpc) is 2.67. The quantitative estimate of drug-likeness (QED) is 0.657. The van der Waals surface area contributed by atoms with Gasteiger partial charge in [0.25, 0.3) is 0 Å². The molecule has 0 unspecified atom stereocenters. The number of carbonyl (C=O) groups excluding carboxylic acids is 1. The molecule has 5 heteroatoms. The van der Waals surface area contributed by atoms with Crippen molar-refractivity contribution in [3.63, 3.8) is 0 Å². The number of rotatable bonds is 4. The summed E-state index contributed by atoms with van der Waals surface area (Å²) in [5, 5.41) is 11.9. The third kappa shape index (κ3) is 2.51. The first-order valence-corrected chi connectivity index (χ1v) is 6.14. The van der Waals surface area contributed by atoms with E-state index in [1.165, 1.54) is 0 Å². The molecule has 1 amide bonds. The Kier molecular flexibility index (Phi) is 3.88. The summed E-state index contributed by atoms with van der Waals surface area (Å²) in [4.78, 5) is 23.2. The van der Waals surface area contributed by atoms with E-state index in [0.29, 0.717) is 18.6 Å². The molecule has 0 radical (unpaired) electrons. The summed E-state index contributed by atoms with van der Waals surface area (Å²) >= 11 is 4.11. The molecule has 1 saturated carbocycles. The van der Waals surface area contributed by atoms with Gasteiger partial charge in [0.2, 0.25) is 5.91 Å². The molecule has 0 heterocycles. The van der Waals surface area contributed by atoms with Crippen LogP contribution in [0.3, 0.4) is 0 Å². The number of thiol groups is 1. The number of carboxylic acids is 1. The van der Waals surface area contributed by atoms with E-state index in [2.05, 4.69) is 17.9 Å². The fourth-order valence-electron chi connectivity index (χ4n) is 1.83. The van der Waals surface area contributed by atoms with Gasteiger partial charge in [0, 0.05) is 5.75 Å². The van der Waals surface area contributed by atoms with E-state index >= 15 is 0 Å². The van der Waals surface area contributed by atoms with Crippen LogP contribution in [-0.4, -0.2) is 28.3 Å². The summed E-state index contributed by atoms with van der Waals surface area (Å²) in [5.41, 5.74) is -1.68. The Balaban J connectivity index is 2.78. The van der Waals surface area contributed by atoms with Gasteiger partial charge in [-0.05, 0) is 12.8 Å². The van der Waals surface area contributed by atoms with Crippen LogP contribution in [0.5, 0.6) is 0 Å². The topological polar surface area (TPSA) is 66.4 Å². The van der Waals surface area contributed by atoms with Crippen LogP contribution in [0.1, 0.15) is 39.5 Å². The summed E-state index contributed by atoms with van der Waals surface area (Å²) in [6, 6.07) is 0. The molecular formula is C11H19NO3S. The largest absolute Gasteiger partial charge is 0.480 e. The first-order chi connectivity index (χ1) is 7.34. The normalized spacial score (nSPS) is 19.4. The second-order valence-electron chi connectivity index (χ2n) is 5.09. The number of aliphatic carboxylic acids is 1. The van der Waals surface area contributed by atoms with Crippen molar-refractivity contribution in [1.29, 1.82) is 0 Å². The van der Waals surface area contributed by atoms with Crippen LogP contribution < -0.4 is 5.32 Å². The minimum atomic E-state index is -1.04. The number of hydrogen-bond donors (Lipinski definition) is 3. The van der Waals surface area contributed by atoms with Crippen LogP contribution in [0.2, 0.25) is 0 Å². The summed E-state index contributed by atoms with van der Waals surface area (Å²) < 4.78 is 0. The third-order valence-corrected chi connectivity index (χ3v) is 4.02. The van der Waals surface area contributed by atoms with Gasteiger partial charge in [-0.3, -0.25) is 4.79 Å². The number of amides is 1. The molecular weight excluding hydrogens is 226 g/mol. The van der Waals surface area contributed by atoms with Crippen molar-refractivity contribution in [3.05, 3.63) is 0 Å². The molecule has 0 aromatic rings. The maximum absolute atomic E-state index is 11.9. The van der Waals surface area contributed by atoms with Crippen molar-refractivity contribution in [3.8, 4) is 0 Å². The van der Waals surface area contributed by atoms with Crippen LogP contribution in [0.15, 0.2) is 0 Å². The lowest BCUT2D eigenvalue weighted by atomic mass is 9.91. The summed E-state index contributed by atoms with van der Waals surface area (Å²) in [7, 11) is 0. The molecule has 1 aliphatic carbocycles. The first kappa shape index (κ1) is 13.4. The molecule has 2 N–H and O–H groups in total. The predicted octanol–water partition coefficient (Wildman–Crippen LogP) is 1.46. The SMILES string of the molecule is CC(C)(CS)C(=O)NC1(C(=O)O)CCCC1. The lowest BCUT2D eigenvalue weighted by molar-refractivity contribution is -0.148. The van der Waals surface area contributed by atoms with Crippen molar-refractivity contribution in [2.45, 2.75) is 45.1 Å². The number of carboxylic acid groups (broad SMARTS) is 1. The van der Waals surface area contributed by atoms with Crippen molar-refractivity contribution in [2.75, 3.05) is 5.75 Å². The lowest BCUT2D eigenvalue weighted by Crippen LogP contribution is -2.56. The molecule has 0 atom stereocenters. The van der Waals surface area contributed by atoms with E-state index in [4.69, 9.17) is 0 Å².